The number of carboxylic acids is 1. The molecule has 9 heteroatoms. The number of aromatic amines is 1. The number of piperidine rings is 1. The van der Waals surface area contributed by atoms with Crippen molar-refractivity contribution in [3.63, 3.8) is 0 Å². The fourth-order valence-electron chi connectivity index (χ4n) is 2.60. The second-order valence-corrected chi connectivity index (χ2v) is 7.40. The number of nitrogens with one attached hydrogen (secondary N) is 1. The van der Waals surface area contributed by atoms with E-state index in [0.29, 0.717) is 19.0 Å². The molecule has 0 amide bonds. The number of hydrogen-bond acceptors (Lipinski definition) is 5. The molecule has 0 saturated carbocycles. The lowest BCUT2D eigenvalue weighted by atomic mass is 9.98. The SMILES string of the molecule is CN(C)CC1CCN(S(=O)(=O)c2[nH]ncc2C(=O)O)CC1. The van der Waals surface area contributed by atoms with Crippen LogP contribution >= 0.6 is 0 Å². The highest BCUT2D eigenvalue weighted by molar-refractivity contribution is 7.89. The Morgan fingerprint density at radius 3 is 2.62 bits per heavy atom. The molecule has 2 heterocycles. The molecule has 0 spiro atoms. The number of carboxylic acid groups (broad SMARTS) is 1. The number of nitrogens with zero attached hydrogens (tertiary/aromatic N) is 3. The van der Waals surface area contributed by atoms with E-state index in [1.54, 1.807) is 0 Å². The predicted molar refractivity (Wildman–Crippen MR) is 75.6 cm³/mol. The van der Waals surface area contributed by atoms with E-state index in [1.165, 1.54) is 4.31 Å². The van der Waals surface area contributed by atoms with Gasteiger partial charge < -0.3 is 10.0 Å². The molecule has 0 aromatic carbocycles. The van der Waals surface area contributed by atoms with Crippen LogP contribution in [0.25, 0.3) is 0 Å². The quantitative estimate of drug-likeness (QED) is 0.796. The number of sulfonamides is 1. The standard InChI is InChI=1S/C12H20N4O4S/c1-15(2)8-9-3-5-16(6-4-9)21(19,20)11-10(12(17)18)7-13-14-11/h7,9H,3-6,8H2,1-2H3,(H,13,14)(H,17,18). The summed E-state index contributed by atoms with van der Waals surface area (Å²) in [4.78, 5) is 13.1. The molecule has 0 atom stereocenters. The lowest BCUT2D eigenvalue weighted by Gasteiger charge is -2.32. The number of aromatic nitrogens is 2. The molecule has 2 N–H and O–H groups in total. The number of carbonyl (C=O) groups is 1. The maximum absolute atomic E-state index is 12.5. The highest BCUT2D eigenvalue weighted by Crippen LogP contribution is 2.24. The van der Waals surface area contributed by atoms with E-state index < -0.39 is 16.0 Å². The molecule has 1 aromatic rings. The minimum atomic E-state index is -3.83. The van der Waals surface area contributed by atoms with Gasteiger partial charge in [-0.05, 0) is 32.9 Å². The minimum absolute atomic E-state index is 0.314. The van der Waals surface area contributed by atoms with E-state index in [4.69, 9.17) is 5.11 Å². The van der Waals surface area contributed by atoms with Crippen LogP contribution in [-0.2, 0) is 10.0 Å². The molecule has 0 bridgehead atoms. The van der Waals surface area contributed by atoms with Crippen LogP contribution < -0.4 is 0 Å². The molecular weight excluding hydrogens is 296 g/mol. The van der Waals surface area contributed by atoms with Crippen molar-refractivity contribution in [3.05, 3.63) is 11.8 Å². The minimum Gasteiger partial charge on any atom is -0.478 e. The van der Waals surface area contributed by atoms with Crippen molar-refractivity contribution in [2.24, 2.45) is 5.92 Å². The Bertz CT molecular complexity index is 603. The average Bonchev–Trinajstić information content (AvgIpc) is 2.88. The Balaban J connectivity index is 2.12. The maximum atomic E-state index is 12.5. The first kappa shape index (κ1) is 15.9. The topological polar surface area (TPSA) is 107 Å². The Morgan fingerprint density at radius 1 is 1.48 bits per heavy atom. The highest BCUT2D eigenvalue weighted by Gasteiger charge is 2.33. The summed E-state index contributed by atoms with van der Waals surface area (Å²) in [6, 6.07) is 0. The van der Waals surface area contributed by atoms with Crippen molar-refractivity contribution in [2.45, 2.75) is 17.9 Å². The van der Waals surface area contributed by atoms with Gasteiger partial charge in [-0.2, -0.15) is 9.40 Å². The monoisotopic (exact) mass is 316 g/mol. The zero-order chi connectivity index (χ0) is 15.6. The first-order valence-electron chi connectivity index (χ1n) is 6.74. The highest BCUT2D eigenvalue weighted by atomic mass is 32.2. The molecule has 2 rings (SSSR count). The zero-order valence-electron chi connectivity index (χ0n) is 12.1. The Labute approximate surface area is 123 Å². The van der Waals surface area contributed by atoms with Gasteiger partial charge in [-0.15, -0.1) is 0 Å². The van der Waals surface area contributed by atoms with Gasteiger partial charge >= 0.3 is 5.97 Å². The van der Waals surface area contributed by atoms with Crippen LogP contribution in [0.2, 0.25) is 0 Å². The molecule has 0 radical (unpaired) electrons. The number of hydrogen-bond donors (Lipinski definition) is 2. The normalized spacial score (nSPS) is 18.2. The van der Waals surface area contributed by atoms with Gasteiger partial charge in [0.25, 0.3) is 10.0 Å². The summed E-state index contributed by atoms with van der Waals surface area (Å²) >= 11 is 0. The molecule has 1 aromatic heterocycles. The van der Waals surface area contributed by atoms with Crippen LogP contribution in [0.4, 0.5) is 0 Å². The summed E-state index contributed by atoms with van der Waals surface area (Å²) in [7, 11) is 0.160. The van der Waals surface area contributed by atoms with Gasteiger partial charge in [0.1, 0.15) is 5.56 Å². The lowest BCUT2D eigenvalue weighted by molar-refractivity contribution is 0.0692. The predicted octanol–water partition coefficient (Wildman–Crippen LogP) is 0.0702. The molecular formula is C12H20N4O4S. The second-order valence-electron chi connectivity index (χ2n) is 5.53. The van der Waals surface area contributed by atoms with Crippen molar-refractivity contribution in [3.8, 4) is 0 Å². The molecule has 1 saturated heterocycles. The molecule has 0 unspecified atom stereocenters. The van der Waals surface area contributed by atoms with E-state index in [-0.39, 0.29) is 10.6 Å². The van der Waals surface area contributed by atoms with Crippen LogP contribution in [0.15, 0.2) is 11.2 Å². The van der Waals surface area contributed by atoms with Crippen molar-refractivity contribution < 1.29 is 18.3 Å². The summed E-state index contributed by atoms with van der Waals surface area (Å²) in [5.41, 5.74) is -0.314. The third-order valence-electron chi connectivity index (χ3n) is 3.63. The van der Waals surface area contributed by atoms with E-state index >= 15 is 0 Å². The molecule has 1 aliphatic heterocycles. The van der Waals surface area contributed by atoms with Crippen molar-refractivity contribution >= 4 is 16.0 Å². The first-order valence-corrected chi connectivity index (χ1v) is 8.18. The number of H-pyrrole nitrogens is 1. The van der Waals surface area contributed by atoms with E-state index in [0.717, 1.165) is 25.6 Å². The summed E-state index contributed by atoms with van der Waals surface area (Å²) < 4.78 is 26.3. The van der Waals surface area contributed by atoms with Crippen LogP contribution in [0.3, 0.4) is 0 Å². The zero-order valence-corrected chi connectivity index (χ0v) is 12.9. The Hall–Kier alpha value is -1.45. The molecule has 1 aliphatic rings. The van der Waals surface area contributed by atoms with Gasteiger partial charge in [-0.1, -0.05) is 0 Å². The fraction of sp³-hybridized carbons (Fsp3) is 0.667. The van der Waals surface area contributed by atoms with Gasteiger partial charge in [0.15, 0.2) is 5.03 Å². The van der Waals surface area contributed by atoms with Crippen LogP contribution in [-0.4, -0.2) is 72.6 Å². The average molecular weight is 316 g/mol. The Kier molecular flexibility index (Phi) is 4.64. The first-order chi connectivity index (χ1) is 9.82. The lowest BCUT2D eigenvalue weighted by Crippen LogP contribution is -2.41. The van der Waals surface area contributed by atoms with E-state index in [1.807, 2.05) is 14.1 Å². The van der Waals surface area contributed by atoms with E-state index in [9.17, 15) is 13.2 Å². The second kappa shape index (κ2) is 6.12. The largest absolute Gasteiger partial charge is 0.478 e. The van der Waals surface area contributed by atoms with Crippen LogP contribution in [0, 0.1) is 5.92 Å². The van der Waals surface area contributed by atoms with Gasteiger partial charge in [-0.3, -0.25) is 5.10 Å². The van der Waals surface area contributed by atoms with Crippen molar-refractivity contribution in [1.82, 2.24) is 19.4 Å². The van der Waals surface area contributed by atoms with Gasteiger partial charge in [0.2, 0.25) is 0 Å². The fourth-order valence-corrected chi connectivity index (χ4v) is 4.14. The molecule has 21 heavy (non-hydrogen) atoms. The number of aromatic carboxylic acids is 1. The molecule has 8 nitrogen and oxygen atoms in total. The van der Waals surface area contributed by atoms with Crippen molar-refractivity contribution in [1.29, 1.82) is 0 Å². The summed E-state index contributed by atoms with van der Waals surface area (Å²) in [6.07, 6.45) is 2.57. The molecule has 0 aliphatic carbocycles. The number of rotatable bonds is 5. The van der Waals surface area contributed by atoms with Crippen LogP contribution in [0.1, 0.15) is 23.2 Å². The van der Waals surface area contributed by atoms with Gasteiger partial charge in [0.05, 0.1) is 6.20 Å². The smallest absolute Gasteiger partial charge is 0.340 e. The van der Waals surface area contributed by atoms with E-state index in [2.05, 4.69) is 15.1 Å². The Morgan fingerprint density at radius 2 is 2.10 bits per heavy atom. The summed E-state index contributed by atoms with van der Waals surface area (Å²) in [5.74, 6) is -0.836. The third kappa shape index (κ3) is 3.42. The van der Waals surface area contributed by atoms with Crippen molar-refractivity contribution in [2.75, 3.05) is 33.7 Å². The third-order valence-corrected chi connectivity index (χ3v) is 5.50. The van der Waals surface area contributed by atoms with Gasteiger partial charge in [-0.25, -0.2) is 13.2 Å². The van der Waals surface area contributed by atoms with Crippen LogP contribution in [0.5, 0.6) is 0 Å². The van der Waals surface area contributed by atoms with Gasteiger partial charge in [0, 0.05) is 19.6 Å². The maximum Gasteiger partial charge on any atom is 0.340 e. The summed E-state index contributed by atoms with van der Waals surface area (Å²) in [6.45, 7) is 1.73. The summed E-state index contributed by atoms with van der Waals surface area (Å²) in [5, 5.41) is 14.5. The molecule has 118 valence electrons. The molecule has 1 fully saturated rings.